The first-order valence-corrected chi connectivity index (χ1v) is 29.0. The van der Waals surface area contributed by atoms with E-state index in [4.69, 9.17) is 51.6 Å². The largest absolute Gasteiger partial charge is 1.00 e. The van der Waals surface area contributed by atoms with Crippen molar-refractivity contribution in [1.82, 2.24) is 0 Å². The number of hydrogen-bond donors (Lipinski definition) is 13. The van der Waals surface area contributed by atoms with Gasteiger partial charge in [0.25, 0.3) is 0 Å². The zero-order valence-corrected chi connectivity index (χ0v) is 49.0. The average molecular weight is 1180 g/mol. The number of ether oxygens (including phenoxy) is 10. The van der Waals surface area contributed by atoms with E-state index in [2.05, 4.69) is 19.9 Å². The second kappa shape index (κ2) is 25.4. The molecule has 5 saturated heterocycles. The second-order valence-electron chi connectivity index (χ2n) is 24.2. The zero-order chi connectivity index (χ0) is 57.7. The van der Waals surface area contributed by atoms with Gasteiger partial charge in [0.15, 0.2) is 31.5 Å². The molecule has 5 unspecified atom stereocenters. The van der Waals surface area contributed by atoms with E-state index in [9.17, 15) is 79.4 Å². The van der Waals surface area contributed by atoms with Crippen molar-refractivity contribution in [2.45, 2.75) is 265 Å². The molecule has 0 spiro atoms. The number of allylic oxidation sites excluding steroid dienone is 2. The molecule has 9 aliphatic rings. The van der Waals surface area contributed by atoms with Crippen molar-refractivity contribution in [2.24, 2.45) is 34.5 Å². The molecule has 5 aliphatic heterocycles. The van der Waals surface area contributed by atoms with Gasteiger partial charge in [0.1, 0.15) is 97.7 Å². The van der Waals surface area contributed by atoms with Gasteiger partial charge in [0, 0.05) is 0 Å². The smallest absolute Gasteiger partial charge is 0.726 e. The Kier molecular flexibility index (Phi) is 20.9. The van der Waals surface area contributed by atoms with Crippen LogP contribution in [0.3, 0.4) is 0 Å². The van der Waals surface area contributed by atoms with Crippen LogP contribution in [0.2, 0.25) is 0 Å². The number of aliphatic hydroxyl groups excluding tert-OH is 13. The van der Waals surface area contributed by atoms with Crippen molar-refractivity contribution < 1.29 is 160 Å². The third-order valence-corrected chi connectivity index (χ3v) is 19.8. The molecule has 8 fully saturated rings. The van der Waals surface area contributed by atoms with Gasteiger partial charge in [-0.25, -0.2) is 8.42 Å². The molecule has 0 radical (unpaired) electrons. The first-order valence-electron chi connectivity index (χ1n) is 27.7. The summed E-state index contributed by atoms with van der Waals surface area (Å²) in [6.07, 6.45) is -38.7. The van der Waals surface area contributed by atoms with Crippen LogP contribution in [0.5, 0.6) is 0 Å². The van der Waals surface area contributed by atoms with Gasteiger partial charge in [0.2, 0.25) is 10.4 Å². The fourth-order valence-corrected chi connectivity index (χ4v) is 15.3. The Morgan fingerprint density at radius 3 is 1.66 bits per heavy atom. The molecule has 80 heavy (non-hydrogen) atoms. The molecule has 0 amide bonds. The van der Waals surface area contributed by atoms with Crippen LogP contribution in [0.4, 0.5) is 0 Å². The second-order valence-corrected chi connectivity index (χ2v) is 25.2. The van der Waals surface area contributed by atoms with E-state index in [-0.39, 0.29) is 65.6 Å². The van der Waals surface area contributed by atoms with Crippen LogP contribution in [0.1, 0.15) is 93.4 Å². The first kappa shape index (κ1) is 65.7. The fourth-order valence-electron chi connectivity index (χ4n) is 14.8. The summed E-state index contributed by atoms with van der Waals surface area (Å²) in [6, 6.07) is 0. The third kappa shape index (κ3) is 12.4. The summed E-state index contributed by atoms with van der Waals surface area (Å²) in [5.41, 5.74) is 0.345. The van der Waals surface area contributed by atoms with Crippen LogP contribution in [-0.4, -0.2) is 258 Å². The van der Waals surface area contributed by atoms with Gasteiger partial charge < -0.3 is 118 Å². The Morgan fingerprint density at radius 1 is 0.588 bits per heavy atom. The van der Waals surface area contributed by atoms with Gasteiger partial charge in [-0.2, -0.15) is 0 Å². The van der Waals surface area contributed by atoms with Crippen molar-refractivity contribution in [1.29, 1.82) is 0 Å². The topological polar surface area (TPSA) is 422 Å². The quantitative estimate of drug-likeness (QED) is 0.0333. The zero-order valence-electron chi connectivity index (χ0n) is 46.1. The molecule has 29 heteroatoms. The molecule has 3 saturated carbocycles. The first-order chi connectivity index (χ1) is 37.0. The maximum absolute atomic E-state index is 12.4. The Bertz CT molecular complexity index is 2220. The van der Waals surface area contributed by atoms with Gasteiger partial charge >= 0.3 is 29.6 Å². The standard InChI is InChI=1S/C51H84O27S.Na/c1-17(53)24-8-9-25-23-15-28(27-14-22(78-79(65,66)67)10-12-51(27,7)26(23)11-13-50(24,25)6)72-47-40(64)42(32(56)20(4)70-47)75-48-44(77-46-38(62)35(59)31(55)19(3)69-46)39(63)41(21(5)71-48)74-49-43(36(60)33(57)29(16-52)73-49)76-45-37(61)34(58)30(54)18(2)68-45;/h11,17-25,27-49,52-64H,8-10,12-16H2,1-7H3,(H,65,66,67);/q;+1/p-1/t17-,18+,19+,20+,21?,22?,23?,24?,25?,27+,28-,29+,30-,31+,32+,33+,34-,35-,36-,37+,38+,39-,40+,41+,42-,43+,44+,45-,46-,47-,48-,49-,50+,51+;/m0./s1. The van der Waals surface area contributed by atoms with Gasteiger partial charge in [-0.05, 0) is 114 Å². The predicted molar refractivity (Wildman–Crippen MR) is 260 cm³/mol. The molecule has 0 bridgehead atoms. The SMILES string of the molecule is CC1O[C@@H](O[C@@H]2[C@@H](O)[C@H](O[C@H]3CC4C(=CC[C@@]5(C)C4CCC5[C@H](C)O)[C@@]4(C)CCC(OS(=O)(=O)[O-])C[C@H]34)O[C@H](C)[C@H]2O)[C@H](O[C@@H]2O[C@H](C)[C@@H](O)[C@H](O)[C@H]2O)[C@@H](O)[C@@H]1O[C@@H]1O[C@H](CO)[C@@H](O)[C@H](O)[C@H]1O[C@@H]1O[C@H](C)[C@H](O)[C@H](O)[C@H]1O.[Na+]. The molecule has 13 N–H and O–H groups in total. The van der Waals surface area contributed by atoms with Crippen LogP contribution in [0.25, 0.3) is 0 Å². The molecule has 0 aromatic carbocycles. The summed E-state index contributed by atoms with van der Waals surface area (Å²) in [5, 5.41) is 144. The van der Waals surface area contributed by atoms with E-state index in [1.54, 1.807) is 6.92 Å². The summed E-state index contributed by atoms with van der Waals surface area (Å²) >= 11 is 0. The summed E-state index contributed by atoms with van der Waals surface area (Å²) < 4.78 is 102. The van der Waals surface area contributed by atoms with E-state index in [1.807, 2.05) is 0 Å². The molecule has 0 aromatic rings. The summed E-state index contributed by atoms with van der Waals surface area (Å²) in [6.45, 7) is 10.8. The Morgan fingerprint density at radius 2 is 1.10 bits per heavy atom. The molecule has 34 atom stereocenters. The Hall–Kier alpha value is -0.310. The van der Waals surface area contributed by atoms with E-state index in [0.29, 0.717) is 12.8 Å². The molecule has 456 valence electrons. The minimum Gasteiger partial charge on any atom is -0.726 e. The molecule has 27 nitrogen and oxygen atoms in total. The Labute approximate surface area is 486 Å². The van der Waals surface area contributed by atoms with Gasteiger partial charge in [0.05, 0.1) is 49.3 Å². The van der Waals surface area contributed by atoms with E-state index >= 15 is 0 Å². The van der Waals surface area contributed by atoms with Gasteiger partial charge in [-0.3, -0.25) is 4.18 Å². The minimum absolute atomic E-state index is 0. The molecule has 9 rings (SSSR count). The van der Waals surface area contributed by atoms with Crippen molar-refractivity contribution in [3.05, 3.63) is 11.6 Å². The number of hydrogen-bond acceptors (Lipinski definition) is 27. The molecular weight excluding hydrogens is 1100 g/mol. The molecule has 5 heterocycles. The van der Waals surface area contributed by atoms with E-state index in [1.165, 1.54) is 33.3 Å². The number of rotatable bonds is 14. The maximum Gasteiger partial charge on any atom is 1.00 e. The van der Waals surface area contributed by atoms with Crippen LogP contribution in [0.15, 0.2) is 11.6 Å². The van der Waals surface area contributed by atoms with E-state index in [0.717, 1.165) is 19.3 Å². The molecule has 0 aromatic heterocycles. The van der Waals surface area contributed by atoms with Crippen molar-refractivity contribution in [3.63, 3.8) is 0 Å². The maximum atomic E-state index is 12.4. The summed E-state index contributed by atoms with van der Waals surface area (Å²) in [7, 11) is -5.09. The van der Waals surface area contributed by atoms with Gasteiger partial charge in [-0.1, -0.05) is 25.5 Å². The van der Waals surface area contributed by atoms with Crippen LogP contribution < -0.4 is 29.6 Å². The van der Waals surface area contributed by atoms with Crippen molar-refractivity contribution in [3.8, 4) is 0 Å². The Balaban J connectivity index is 0.00000841. The monoisotopic (exact) mass is 1180 g/mol. The summed E-state index contributed by atoms with van der Waals surface area (Å²) in [4.78, 5) is 0. The van der Waals surface area contributed by atoms with Crippen molar-refractivity contribution >= 4 is 10.4 Å². The average Bonchev–Trinajstić information content (AvgIpc) is 3.98. The minimum atomic E-state index is -5.09. The third-order valence-electron chi connectivity index (χ3n) is 19.3. The normalized spacial score (nSPS) is 54.1. The van der Waals surface area contributed by atoms with Crippen LogP contribution in [-0.2, 0) is 62.0 Å². The fraction of sp³-hybridized carbons (Fsp3) is 0.961. The van der Waals surface area contributed by atoms with Crippen molar-refractivity contribution in [2.75, 3.05) is 6.61 Å². The summed E-state index contributed by atoms with van der Waals surface area (Å²) in [5.74, 6) is -0.376. The number of aliphatic hydroxyl groups is 13. The van der Waals surface area contributed by atoms with Gasteiger partial charge in [-0.15, -0.1) is 0 Å². The predicted octanol–water partition coefficient (Wildman–Crippen LogP) is -7.00. The number of fused-ring (bicyclic) bond motifs is 5. The van der Waals surface area contributed by atoms with Crippen LogP contribution >= 0.6 is 0 Å². The van der Waals surface area contributed by atoms with Crippen LogP contribution in [0, 0.1) is 34.5 Å². The molecular formula is C51H83NaO27S. The van der Waals surface area contributed by atoms with E-state index < -0.39 is 200 Å². The molecule has 4 aliphatic carbocycles.